The number of nitrogens with zero attached hydrogens (tertiary/aromatic N) is 3. The molecule has 8 heteroatoms. The summed E-state index contributed by atoms with van der Waals surface area (Å²) in [5, 5.41) is 0.176. The van der Waals surface area contributed by atoms with Gasteiger partial charge in [0.15, 0.2) is 5.65 Å². The molecule has 2 aromatic rings. The van der Waals surface area contributed by atoms with E-state index in [4.69, 9.17) is 4.74 Å². The van der Waals surface area contributed by atoms with Crippen LogP contribution in [0.5, 0.6) is 5.75 Å². The summed E-state index contributed by atoms with van der Waals surface area (Å²) in [4.78, 5) is 40.4. The number of carbonyl (C=O) groups is 1. The first-order valence-corrected chi connectivity index (χ1v) is 7.29. The maximum absolute atomic E-state index is 12.6. The lowest BCUT2D eigenvalue weighted by atomic mass is 10.3. The minimum absolute atomic E-state index is 0.176. The van der Waals surface area contributed by atoms with E-state index in [1.54, 1.807) is 6.07 Å². The Morgan fingerprint density at radius 1 is 1.35 bits per heavy atom. The quantitative estimate of drug-likeness (QED) is 0.566. The molecule has 0 amide bonds. The van der Waals surface area contributed by atoms with Crippen molar-refractivity contribution in [1.82, 2.24) is 14.1 Å². The molecule has 0 saturated heterocycles. The Labute approximate surface area is 132 Å². The molecule has 0 aliphatic carbocycles. The van der Waals surface area contributed by atoms with Gasteiger partial charge in [0.1, 0.15) is 17.7 Å². The zero-order valence-electron chi connectivity index (χ0n) is 13.4. The van der Waals surface area contributed by atoms with E-state index in [2.05, 4.69) is 9.72 Å². The van der Waals surface area contributed by atoms with Gasteiger partial charge in [-0.3, -0.25) is 14.2 Å². The van der Waals surface area contributed by atoms with Gasteiger partial charge in [-0.2, -0.15) is 0 Å². The van der Waals surface area contributed by atoms with Crippen LogP contribution in [-0.4, -0.2) is 33.8 Å². The van der Waals surface area contributed by atoms with Crippen LogP contribution in [0.4, 0.5) is 0 Å². The predicted molar refractivity (Wildman–Crippen MR) is 83.7 cm³/mol. The van der Waals surface area contributed by atoms with E-state index in [0.717, 1.165) is 17.4 Å². The highest BCUT2D eigenvalue weighted by molar-refractivity contribution is 5.81. The molecule has 8 nitrogen and oxygen atoms in total. The minimum Gasteiger partial charge on any atom is -0.493 e. The summed E-state index contributed by atoms with van der Waals surface area (Å²) in [5.41, 5.74) is -1.03. The number of aromatic nitrogens is 3. The summed E-state index contributed by atoms with van der Waals surface area (Å²) >= 11 is 0. The minimum atomic E-state index is -0.680. The monoisotopic (exact) mass is 321 g/mol. The average molecular weight is 321 g/mol. The molecule has 0 fully saturated rings. The van der Waals surface area contributed by atoms with Gasteiger partial charge in [-0.05, 0) is 12.5 Å². The number of rotatable bonds is 6. The summed E-state index contributed by atoms with van der Waals surface area (Å²) in [6, 6.07) is 1.58. The third kappa shape index (κ3) is 3.25. The van der Waals surface area contributed by atoms with Crippen molar-refractivity contribution in [3.05, 3.63) is 33.1 Å². The molecule has 2 heterocycles. The molecule has 0 saturated carbocycles. The van der Waals surface area contributed by atoms with E-state index in [0.29, 0.717) is 12.4 Å². The van der Waals surface area contributed by atoms with E-state index in [1.165, 1.54) is 24.9 Å². The van der Waals surface area contributed by atoms with Crippen LogP contribution in [0, 0.1) is 0 Å². The molecule has 2 aromatic heterocycles. The summed E-state index contributed by atoms with van der Waals surface area (Å²) in [7, 11) is 2.68. The van der Waals surface area contributed by atoms with Gasteiger partial charge in [0, 0.05) is 13.2 Å². The first kappa shape index (κ1) is 16.7. The predicted octanol–water partition coefficient (Wildman–Crippen LogP) is 0.447. The van der Waals surface area contributed by atoms with Crippen molar-refractivity contribution in [2.24, 2.45) is 7.05 Å². The zero-order valence-corrected chi connectivity index (χ0v) is 13.4. The second-order valence-electron chi connectivity index (χ2n) is 5.02. The van der Waals surface area contributed by atoms with E-state index in [-0.39, 0.29) is 11.0 Å². The fourth-order valence-corrected chi connectivity index (χ4v) is 2.16. The lowest BCUT2D eigenvalue weighted by Gasteiger charge is -2.12. The summed E-state index contributed by atoms with van der Waals surface area (Å²) in [6.45, 7) is 2.03. The Morgan fingerprint density at radius 2 is 2.09 bits per heavy atom. The number of ether oxygens (including phenoxy) is 2. The Balaban J connectivity index is 2.66. The van der Waals surface area contributed by atoms with Gasteiger partial charge in [-0.25, -0.2) is 14.3 Å². The van der Waals surface area contributed by atoms with Gasteiger partial charge in [0.05, 0.1) is 13.7 Å². The van der Waals surface area contributed by atoms with Crippen molar-refractivity contribution in [3.8, 4) is 5.75 Å². The Bertz CT molecular complexity index is 837. The van der Waals surface area contributed by atoms with E-state index in [1.807, 2.05) is 6.92 Å². The molecular weight excluding hydrogens is 302 g/mol. The molecule has 0 radical (unpaired) electrons. The molecule has 0 bridgehead atoms. The third-order valence-corrected chi connectivity index (χ3v) is 3.46. The van der Waals surface area contributed by atoms with Gasteiger partial charge in [-0.15, -0.1) is 0 Å². The average Bonchev–Trinajstić information content (AvgIpc) is 2.56. The first-order chi connectivity index (χ1) is 11.0. The number of hydrogen-bond acceptors (Lipinski definition) is 6. The summed E-state index contributed by atoms with van der Waals surface area (Å²) in [6.07, 6.45) is 3.27. The highest BCUT2D eigenvalue weighted by Gasteiger charge is 2.18. The van der Waals surface area contributed by atoms with E-state index >= 15 is 0 Å². The number of hydrogen-bond donors (Lipinski definition) is 0. The van der Waals surface area contributed by atoms with Gasteiger partial charge >= 0.3 is 11.7 Å². The van der Waals surface area contributed by atoms with Crippen LogP contribution < -0.4 is 16.0 Å². The molecule has 124 valence electrons. The van der Waals surface area contributed by atoms with Crippen LogP contribution in [0.1, 0.15) is 19.8 Å². The van der Waals surface area contributed by atoms with Crippen LogP contribution in [0.2, 0.25) is 0 Å². The van der Waals surface area contributed by atoms with Gasteiger partial charge < -0.3 is 9.47 Å². The second-order valence-corrected chi connectivity index (χ2v) is 5.02. The van der Waals surface area contributed by atoms with Crippen molar-refractivity contribution in [2.75, 3.05) is 13.7 Å². The van der Waals surface area contributed by atoms with Gasteiger partial charge in [0.2, 0.25) is 0 Å². The molecule has 0 aliphatic heterocycles. The Morgan fingerprint density at radius 3 is 2.74 bits per heavy atom. The number of aryl methyl sites for hydroxylation is 1. The fraction of sp³-hybridized carbons (Fsp3) is 0.467. The number of fused-ring (bicyclic) bond motifs is 1. The third-order valence-electron chi connectivity index (χ3n) is 3.46. The first-order valence-electron chi connectivity index (χ1n) is 7.29. The topological polar surface area (TPSA) is 92.4 Å². The normalized spacial score (nSPS) is 10.7. The number of carbonyl (C=O) groups excluding carboxylic acids is 1. The van der Waals surface area contributed by atoms with Crippen molar-refractivity contribution in [2.45, 2.75) is 26.3 Å². The number of methoxy groups -OCH3 is 1. The number of esters is 1. The second kappa shape index (κ2) is 7.08. The molecule has 0 atom stereocenters. The largest absolute Gasteiger partial charge is 0.493 e. The fourth-order valence-electron chi connectivity index (χ4n) is 2.16. The molecule has 0 aromatic carbocycles. The van der Waals surface area contributed by atoms with Crippen molar-refractivity contribution >= 4 is 17.0 Å². The van der Waals surface area contributed by atoms with Crippen LogP contribution in [0.25, 0.3) is 11.0 Å². The Kier molecular flexibility index (Phi) is 5.15. The molecule has 0 aliphatic rings. The smallest absolute Gasteiger partial charge is 0.332 e. The van der Waals surface area contributed by atoms with Crippen LogP contribution in [-0.2, 0) is 23.1 Å². The van der Waals surface area contributed by atoms with Gasteiger partial charge in [-0.1, -0.05) is 13.3 Å². The Hall–Kier alpha value is -2.64. The maximum Gasteiger partial charge on any atom is 0.332 e. The SMILES string of the molecule is CCCCOc1ccnc2c1c(=O)n(CC(=O)OC)c(=O)n2C. The number of unbranched alkanes of at least 4 members (excludes halogenated alkanes) is 1. The van der Waals surface area contributed by atoms with E-state index in [9.17, 15) is 14.4 Å². The zero-order chi connectivity index (χ0) is 17.0. The molecule has 2 rings (SSSR count). The van der Waals surface area contributed by atoms with Crippen LogP contribution in [0.3, 0.4) is 0 Å². The lowest BCUT2D eigenvalue weighted by Crippen LogP contribution is -2.41. The van der Waals surface area contributed by atoms with Crippen LogP contribution >= 0.6 is 0 Å². The van der Waals surface area contributed by atoms with E-state index < -0.39 is 23.8 Å². The van der Waals surface area contributed by atoms with Crippen molar-refractivity contribution < 1.29 is 14.3 Å². The molecule has 23 heavy (non-hydrogen) atoms. The van der Waals surface area contributed by atoms with Gasteiger partial charge in [0.25, 0.3) is 5.56 Å². The van der Waals surface area contributed by atoms with Crippen molar-refractivity contribution in [3.63, 3.8) is 0 Å². The molecule has 0 N–H and O–H groups in total. The highest BCUT2D eigenvalue weighted by Crippen LogP contribution is 2.19. The maximum atomic E-state index is 12.6. The molecular formula is C15H19N3O5. The highest BCUT2D eigenvalue weighted by atomic mass is 16.5. The standard InChI is InChI=1S/C15H19N3O5/c1-4-5-8-23-10-6-7-16-13-12(10)14(20)18(9-11(19)22-3)15(21)17(13)2/h6-7H,4-5,8-9H2,1-3H3. The van der Waals surface area contributed by atoms with Crippen LogP contribution in [0.15, 0.2) is 21.9 Å². The summed E-state index contributed by atoms with van der Waals surface area (Å²) < 4.78 is 12.2. The van der Waals surface area contributed by atoms with Crippen molar-refractivity contribution in [1.29, 1.82) is 0 Å². The lowest BCUT2D eigenvalue weighted by molar-refractivity contribution is -0.141. The molecule has 0 spiro atoms. The molecule has 0 unspecified atom stereocenters. The number of pyridine rings is 1. The summed E-state index contributed by atoms with van der Waals surface area (Å²) in [5.74, 6) is -0.330.